The van der Waals surface area contributed by atoms with Gasteiger partial charge in [-0.05, 0) is 49.7 Å². The monoisotopic (exact) mass is 400 g/mol. The van der Waals surface area contributed by atoms with E-state index < -0.39 is 0 Å². The summed E-state index contributed by atoms with van der Waals surface area (Å²) in [4.78, 5) is 14.6. The van der Waals surface area contributed by atoms with Crippen molar-refractivity contribution in [3.63, 3.8) is 0 Å². The SMILES string of the molecule is CCN(CC)c1ccc2[nH]nc(NC(=O)Cc3ccc(Br)cc3)c2c1. The topological polar surface area (TPSA) is 61.0 Å². The summed E-state index contributed by atoms with van der Waals surface area (Å²) in [5, 5.41) is 11.1. The van der Waals surface area contributed by atoms with Gasteiger partial charge in [-0.3, -0.25) is 9.89 Å². The highest BCUT2D eigenvalue weighted by molar-refractivity contribution is 9.10. The van der Waals surface area contributed by atoms with Gasteiger partial charge in [0.05, 0.1) is 11.9 Å². The molecule has 0 bridgehead atoms. The van der Waals surface area contributed by atoms with Crippen LogP contribution in [0.4, 0.5) is 11.5 Å². The summed E-state index contributed by atoms with van der Waals surface area (Å²) in [7, 11) is 0. The fourth-order valence-electron chi connectivity index (χ4n) is 2.85. The minimum atomic E-state index is -0.0797. The number of aromatic amines is 1. The molecule has 0 aliphatic rings. The van der Waals surface area contributed by atoms with Gasteiger partial charge in [-0.1, -0.05) is 28.1 Å². The number of fused-ring (bicyclic) bond motifs is 1. The zero-order valence-corrected chi connectivity index (χ0v) is 15.9. The summed E-state index contributed by atoms with van der Waals surface area (Å²) in [6.45, 7) is 6.13. The number of carbonyl (C=O) groups excluding carboxylic acids is 1. The van der Waals surface area contributed by atoms with E-state index in [0.717, 1.165) is 39.7 Å². The Bertz CT molecular complexity index is 869. The number of amides is 1. The molecule has 0 radical (unpaired) electrons. The summed E-state index contributed by atoms with van der Waals surface area (Å²) in [5.74, 6) is 0.495. The highest BCUT2D eigenvalue weighted by atomic mass is 79.9. The lowest BCUT2D eigenvalue weighted by Gasteiger charge is -2.20. The maximum absolute atomic E-state index is 12.4. The third-order valence-electron chi connectivity index (χ3n) is 4.21. The molecule has 0 saturated carbocycles. The number of anilines is 2. The fraction of sp³-hybridized carbons (Fsp3) is 0.263. The Balaban J connectivity index is 1.79. The summed E-state index contributed by atoms with van der Waals surface area (Å²) >= 11 is 3.40. The Kier molecular flexibility index (Phi) is 5.38. The second-order valence-electron chi connectivity index (χ2n) is 5.83. The van der Waals surface area contributed by atoms with Crippen LogP contribution in [0.2, 0.25) is 0 Å². The van der Waals surface area contributed by atoms with Crippen LogP contribution in [0.3, 0.4) is 0 Å². The van der Waals surface area contributed by atoms with Crippen LogP contribution < -0.4 is 10.2 Å². The summed E-state index contributed by atoms with van der Waals surface area (Å²) in [5.41, 5.74) is 3.00. The van der Waals surface area contributed by atoms with Crippen molar-refractivity contribution < 1.29 is 4.79 Å². The average molecular weight is 401 g/mol. The minimum absolute atomic E-state index is 0.0797. The molecule has 0 unspecified atom stereocenters. The van der Waals surface area contributed by atoms with E-state index in [9.17, 15) is 4.79 Å². The minimum Gasteiger partial charge on any atom is -0.372 e. The number of nitrogens with zero attached hydrogens (tertiary/aromatic N) is 2. The van der Waals surface area contributed by atoms with Crippen LogP contribution in [0.15, 0.2) is 46.9 Å². The van der Waals surface area contributed by atoms with E-state index in [4.69, 9.17) is 0 Å². The molecule has 3 rings (SSSR count). The van der Waals surface area contributed by atoms with Crippen LogP contribution in [0.25, 0.3) is 10.9 Å². The van der Waals surface area contributed by atoms with Crippen LogP contribution in [0, 0.1) is 0 Å². The molecule has 2 N–H and O–H groups in total. The molecule has 2 aromatic carbocycles. The van der Waals surface area contributed by atoms with Crippen LogP contribution in [0.1, 0.15) is 19.4 Å². The quantitative estimate of drug-likeness (QED) is 0.646. The van der Waals surface area contributed by atoms with Crippen molar-refractivity contribution in [2.75, 3.05) is 23.3 Å². The molecular formula is C19H21BrN4O. The van der Waals surface area contributed by atoms with Crippen molar-refractivity contribution >= 4 is 44.2 Å². The molecule has 3 aromatic rings. The summed E-state index contributed by atoms with van der Waals surface area (Å²) in [6.07, 6.45) is 0.317. The van der Waals surface area contributed by atoms with Crippen molar-refractivity contribution in [1.29, 1.82) is 0 Å². The molecule has 0 fully saturated rings. The Hall–Kier alpha value is -2.34. The molecule has 6 heteroatoms. The molecule has 0 spiro atoms. The standard InChI is InChI=1S/C19H21BrN4O/c1-3-24(4-2)15-9-10-17-16(12-15)19(23-22-17)21-18(25)11-13-5-7-14(20)8-6-13/h5-10,12H,3-4,11H2,1-2H3,(H2,21,22,23,25). The van der Waals surface area contributed by atoms with Crippen LogP contribution >= 0.6 is 15.9 Å². The Labute approximate surface area is 155 Å². The third-order valence-corrected chi connectivity index (χ3v) is 4.74. The highest BCUT2D eigenvalue weighted by Crippen LogP contribution is 2.26. The number of aromatic nitrogens is 2. The molecule has 0 atom stereocenters. The van der Waals surface area contributed by atoms with Gasteiger partial charge < -0.3 is 10.2 Å². The van der Waals surface area contributed by atoms with E-state index in [1.807, 2.05) is 30.3 Å². The van der Waals surface area contributed by atoms with Crippen LogP contribution in [-0.4, -0.2) is 29.2 Å². The second kappa shape index (κ2) is 7.70. The van der Waals surface area contributed by atoms with Gasteiger partial charge in [-0.15, -0.1) is 0 Å². The van der Waals surface area contributed by atoms with Gasteiger partial charge in [0.15, 0.2) is 5.82 Å². The molecule has 5 nitrogen and oxygen atoms in total. The highest BCUT2D eigenvalue weighted by Gasteiger charge is 2.12. The number of hydrogen-bond donors (Lipinski definition) is 2. The summed E-state index contributed by atoms with van der Waals surface area (Å²) in [6, 6.07) is 13.9. The smallest absolute Gasteiger partial charge is 0.230 e. The van der Waals surface area contributed by atoms with Gasteiger partial charge in [0.2, 0.25) is 5.91 Å². The Morgan fingerprint density at radius 1 is 1.16 bits per heavy atom. The largest absolute Gasteiger partial charge is 0.372 e. The predicted molar refractivity (Wildman–Crippen MR) is 106 cm³/mol. The number of benzene rings is 2. The second-order valence-corrected chi connectivity index (χ2v) is 6.74. The van der Waals surface area contributed by atoms with Gasteiger partial charge in [-0.25, -0.2) is 0 Å². The van der Waals surface area contributed by atoms with Crippen molar-refractivity contribution in [3.05, 3.63) is 52.5 Å². The molecule has 1 aromatic heterocycles. The zero-order chi connectivity index (χ0) is 17.8. The fourth-order valence-corrected chi connectivity index (χ4v) is 3.11. The van der Waals surface area contributed by atoms with Crippen molar-refractivity contribution in [1.82, 2.24) is 10.2 Å². The number of H-pyrrole nitrogens is 1. The molecule has 130 valence electrons. The lowest BCUT2D eigenvalue weighted by Crippen LogP contribution is -2.21. The average Bonchev–Trinajstić information content (AvgIpc) is 3.00. The van der Waals surface area contributed by atoms with E-state index >= 15 is 0 Å². The molecule has 0 aliphatic carbocycles. The molecular weight excluding hydrogens is 380 g/mol. The summed E-state index contributed by atoms with van der Waals surface area (Å²) < 4.78 is 0.999. The third kappa shape index (κ3) is 4.02. The van der Waals surface area contributed by atoms with Gasteiger partial charge in [0.1, 0.15) is 0 Å². The van der Waals surface area contributed by atoms with E-state index in [1.54, 1.807) is 0 Å². The number of carbonyl (C=O) groups is 1. The first-order valence-corrected chi connectivity index (χ1v) is 9.17. The van der Waals surface area contributed by atoms with Crippen LogP contribution in [-0.2, 0) is 11.2 Å². The van der Waals surface area contributed by atoms with E-state index in [2.05, 4.69) is 62.3 Å². The van der Waals surface area contributed by atoms with E-state index in [0.29, 0.717) is 12.2 Å². The lowest BCUT2D eigenvalue weighted by molar-refractivity contribution is -0.115. The molecule has 25 heavy (non-hydrogen) atoms. The first-order valence-electron chi connectivity index (χ1n) is 8.38. The van der Waals surface area contributed by atoms with Crippen LogP contribution in [0.5, 0.6) is 0 Å². The number of nitrogens with one attached hydrogen (secondary N) is 2. The normalized spacial score (nSPS) is 10.8. The molecule has 0 aliphatic heterocycles. The molecule has 0 saturated heterocycles. The van der Waals surface area contributed by atoms with Crippen molar-refractivity contribution in [3.8, 4) is 0 Å². The number of hydrogen-bond acceptors (Lipinski definition) is 3. The van der Waals surface area contributed by atoms with E-state index in [-0.39, 0.29) is 5.91 Å². The van der Waals surface area contributed by atoms with Crippen molar-refractivity contribution in [2.45, 2.75) is 20.3 Å². The maximum Gasteiger partial charge on any atom is 0.230 e. The zero-order valence-electron chi connectivity index (χ0n) is 14.3. The van der Waals surface area contributed by atoms with Gasteiger partial charge in [0, 0.05) is 28.6 Å². The number of halogens is 1. The molecule has 1 heterocycles. The van der Waals surface area contributed by atoms with Crippen molar-refractivity contribution in [2.24, 2.45) is 0 Å². The molecule has 1 amide bonds. The van der Waals surface area contributed by atoms with Gasteiger partial charge in [-0.2, -0.15) is 5.10 Å². The predicted octanol–water partition coefficient (Wildman–Crippen LogP) is 4.35. The maximum atomic E-state index is 12.4. The van der Waals surface area contributed by atoms with E-state index in [1.165, 1.54) is 0 Å². The first kappa shape index (κ1) is 17.5. The Morgan fingerprint density at radius 3 is 2.56 bits per heavy atom. The Morgan fingerprint density at radius 2 is 1.88 bits per heavy atom. The lowest BCUT2D eigenvalue weighted by atomic mass is 10.1. The number of rotatable bonds is 6. The first-order chi connectivity index (χ1) is 12.1. The van der Waals surface area contributed by atoms with Gasteiger partial charge >= 0.3 is 0 Å². The van der Waals surface area contributed by atoms with Gasteiger partial charge in [0.25, 0.3) is 0 Å².